The van der Waals surface area contributed by atoms with Gasteiger partial charge in [0.1, 0.15) is 29.1 Å². The topological polar surface area (TPSA) is 107 Å². The molecule has 0 spiro atoms. The summed E-state index contributed by atoms with van der Waals surface area (Å²) in [6.45, 7) is 8.41. The summed E-state index contributed by atoms with van der Waals surface area (Å²) in [6.07, 6.45) is 4.27. The number of hydrogen-bond donors (Lipinski definition) is 1. The third-order valence-electron chi connectivity index (χ3n) is 7.49. The third-order valence-corrected chi connectivity index (χ3v) is 7.49. The Morgan fingerprint density at radius 3 is 2.51 bits per heavy atom. The number of rotatable bonds is 8. The van der Waals surface area contributed by atoms with Gasteiger partial charge in [0, 0.05) is 38.6 Å². The fourth-order valence-electron chi connectivity index (χ4n) is 5.22. The van der Waals surface area contributed by atoms with E-state index in [4.69, 9.17) is 9.47 Å². The summed E-state index contributed by atoms with van der Waals surface area (Å²) in [5.74, 6) is 2.55. The highest BCUT2D eigenvalue weighted by Crippen LogP contribution is 2.32. The van der Waals surface area contributed by atoms with Crippen molar-refractivity contribution in [3.63, 3.8) is 0 Å². The molecular weight excluding hydrogens is 516 g/mol. The van der Waals surface area contributed by atoms with Crippen molar-refractivity contribution in [2.45, 2.75) is 33.2 Å². The molecule has 41 heavy (non-hydrogen) atoms. The average molecular weight is 551 g/mol. The van der Waals surface area contributed by atoms with Crippen molar-refractivity contribution in [1.82, 2.24) is 24.8 Å². The number of benzene rings is 2. The third kappa shape index (κ3) is 6.23. The summed E-state index contributed by atoms with van der Waals surface area (Å²) >= 11 is 0. The van der Waals surface area contributed by atoms with Crippen molar-refractivity contribution in [1.29, 1.82) is 5.26 Å². The first kappa shape index (κ1) is 27.9. The van der Waals surface area contributed by atoms with Crippen molar-refractivity contribution in [2.24, 2.45) is 0 Å². The Morgan fingerprint density at radius 2 is 1.83 bits per heavy atom. The van der Waals surface area contributed by atoms with Crippen LogP contribution in [0.5, 0.6) is 17.2 Å². The minimum Gasteiger partial charge on any atom is -0.496 e. The number of methoxy groups -OCH3 is 1. The van der Waals surface area contributed by atoms with Gasteiger partial charge < -0.3 is 19.4 Å². The molecule has 1 saturated heterocycles. The van der Waals surface area contributed by atoms with E-state index in [2.05, 4.69) is 25.9 Å². The monoisotopic (exact) mass is 550 g/mol. The quantitative estimate of drug-likeness (QED) is 0.324. The first-order valence-electron chi connectivity index (χ1n) is 13.7. The normalized spacial score (nSPS) is 14.4. The molecule has 1 aliphatic rings. The molecule has 1 atom stereocenters. The first-order chi connectivity index (χ1) is 19.9. The molecule has 3 heterocycles. The molecule has 0 bridgehead atoms. The van der Waals surface area contributed by atoms with Gasteiger partial charge in [-0.15, -0.1) is 0 Å². The number of imidazole rings is 1. The minimum absolute atomic E-state index is 0.00303. The Kier molecular flexibility index (Phi) is 8.31. The van der Waals surface area contributed by atoms with E-state index in [1.165, 1.54) is 0 Å². The SMILES string of the molecule is COc1cc(C)ccc1C(=O)N1CCN(C(Cc2ccc(C#N)c(Oc3cccnc3C)c2)c2cnc(C)[nH]2)CC1. The van der Waals surface area contributed by atoms with Crippen LogP contribution in [0.25, 0.3) is 0 Å². The molecular formula is C32H34N6O3. The maximum atomic E-state index is 13.4. The van der Waals surface area contributed by atoms with Gasteiger partial charge >= 0.3 is 0 Å². The maximum absolute atomic E-state index is 13.4. The van der Waals surface area contributed by atoms with Gasteiger partial charge in [-0.2, -0.15) is 5.26 Å². The molecule has 4 aromatic rings. The molecule has 0 saturated carbocycles. The Labute approximate surface area is 240 Å². The molecule has 0 radical (unpaired) electrons. The second kappa shape index (κ2) is 12.2. The van der Waals surface area contributed by atoms with Gasteiger partial charge in [0.2, 0.25) is 0 Å². The summed E-state index contributed by atoms with van der Waals surface area (Å²) in [4.78, 5) is 29.8. The number of pyridine rings is 1. The number of aromatic nitrogens is 3. The van der Waals surface area contributed by atoms with Gasteiger partial charge in [-0.3, -0.25) is 14.7 Å². The van der Waals surface area contributed by atoms with E-state index in [1.54, 1.807) is 19.4 Å². The number of aromatic amines is 1. The number of nitriles is 1. The van der Waals surface area contributed by atoms with Crippen LogP contribution >= 0.6 is 0 Å². The lowest BCUT2D eigenvalue weighted by Gasteiger charge is -2.39. The van der Waals surface area contributed by atoms with Gasteiger partial charge in [-0.1, -0.05) is 12.1 Å². The lowest BCUT2D eigenvalue weighted by Crippen LogP contribution is -2.50. The Balaban J connectivity index is 1.35. The largest absolute Gasteiger partial charge is 0.496 e. The number of piperazine rings is 1. The Hall–Kier alpha value is -4.68. The van der Waals surface area contributed by atoms with Crippen molar-refractivity contribution in [2.75, 3.05) is 33.3 Å². The van der Waals surface area contributed by atoms with E-state index in [0.29, 0.717) is 61.0 Å². The van der Waals surface area contributed by atoms with Crippen LogP contribution in [0.4, 0.5) is 0 Å². The van der Waals surface area contributed by atoms with E-state index in [1.807, 2.05) is 74.3 Å². The standard InChI is InChI=1S/C32H34N6O3/c1-21-7-10-26(31(16-21)40-4)32(39)38-14-12-37(13-15-38)28(27-20-35-23(3)36-27)17-24-8-9-25(19-33)30(18-24)41-29-6-5-11-34-22(29)2/h5-11,16,18,20,28H,12-15,17H2,1-4H3,(H,35,36). The number of nitrogens with zero attached hydrogens (tertiary/aromatic N) is 5. The predicted molar refractivity (Wildman–Crippen MR) is 155 cm³/mol. The Bertz CT molecular complexity index is 1580. The molecule has 2 aromatic heterocycles. The zero-order valence-electron chi connectivity index (χ0n) is 23.8. The number of amides is 1. The molecule has 1 unspecified atom stereocenters. The summed E-state index contributed by atoms with van der Waals surface area (Å²) in [7, 11) is 1.60. The van der Waals surface area contributed by atoms with Crippen LogP contribution in [0.2, 0.25) is 0 Å². The lowest BCUT2D eigenvalue weighted by atomic mass is 9.99. The van der Waals surface area contributed by atoms with Crippen molar-refractivity contribution in [3.05, 3.63) is 100 Å². The van der Waals surface area contributed by atoms with E-state index >= 15 is 0 Å². The van der Waals surface area contributed by atoms with Gasteiger partial charge in [-0.25, -0.2) is 4.98 Å². The zero-order chi connectivity index (χ0) is 28.9. The molecule has 9 heteroatoms. The summed E-state index contributed by atoms with van der Waals surface area (Å²) < 4.78 is 11.6. The maximum Gasteiger partial charge on any atom is 0.257 e. The van der Waals surface area contributed by atoms with Gasteiger partial charge in [0.15, 0.2) is 0 Å². The van der Waals surface area contributed by atoms with E-state index in [9.17, 15) is 10.1 Å². The molecule has 210 valence electrons. The van der Waals surface area contributed by atoms with Gasteiger partial charge in [0.05, 0.1) is 35.7 Å². The van der Waals surface area contributed by atoms with E-state index in [-0.39, 0.29) is 11.9 Å². The number of hydrogen-bond acceptors (Lipinski definition) is 7. The van der Waals surface area contributed by atoms with E-state index < -0.39 is 0 Å². The minimum atomic E-state index is -0.0185. The van der Waals surface area contributed by atoms with Crippen LogP contribution < -0.4 is 9.47 Å². The van der Waals surface area contributed by atoms with Crippen molar-refractivity contribution < 1.29 is 14.3 Å². The van der Waals surface area contributed by atoms with Crippen LogP contribution in [-0.4, -0.2) is 63.9 Å². The van der Waals surface area contributed by atoms with Gasteiger partial charge in [0.25, 0.3) is 5.91 Å². The van der Waals surface area contributed by atoms with Crippen molar-refractivity contribution >= 4 is 5.91 Å². The van der Waals surface area contributed by atoms with Crippen LogP contribution in [0.1, 0.15) is 50.3 Å². The van der Waals surface area contributed by atoms with Crippen LogP contribution in [0, 0.1) is 32.1 Å². The molecule has 1 N–H and O–H groups in total. The molecule has 1 fully saturated rings. The molecule has 2 aromatic carbocycles. The number of aryl methyl sites for hydroxylation is 3. The summed E-state index contributed by atoms with van der Waals surface area (Å²) in [5.41, 5.74) is 4.89. The molecule has 9 nitrogen and oxygen atoms in total. The number of carbonyl (C=O) groups excluding carboxylic acids is 1. The predicted octanol–water partition coefficient (Wildman–Crippen LogP) is 5.14. The highest BCUT2D eigenvalue weighted by Gasteiger charge is 2.30. The summed E-state index contributed by atoms with van der Waals surface area (Å²) in [6, 6.07) is 17.3. The highest BCUT2D eigenvalue weighted by atomic mass is 16.5. The first-order valence-corrected chi connectivity index (χ1v) is 13.7. The fourth-order valence-corrected chi connectivity index (χ4v) is 5.22. The second-order valence-electron chi connectivity index (χ2n) is 10.3. The van der Waals surface area contributed by atoms with Crippen LogP contribution in [0.15, 0.2) is 60.9 Å². The highest BCUT2D eigenvalue weighted by molar-refractivity contribution is 5.97. The van der Waals surface area contributed by atoms with Crippen LogP contribution in [0.3, 0.4) is 0 Å². The van der Waals surface area contributed by atoms with E-state index in [0.717, 1.165) is 28.3 Å². The summed E-state index contributed by atoms with van der Waals surface area (Å²) in [5, 5.41) is 9.71. The average Bonchev–Trinajstić information content (AvgIpc) is 3.42. The van der Waals surface area contributed by atoms with Crippen molar-refractivity contribution in [3.8, 4) is 23.3 Å². The number of H-pyrrole nitrogens is 1. The molecule has 0 aliphatic carbocycles. The second-order valence-corrected chi connectivity index (χ2v) is 10.3. The zero-order valence-corrected chi connectivity index (χ0v) is 23.8. The number of ether oxygens (including phenoxy) is 2. The lowest BCUT2D eigenvalue weighted by molar-refractivity contribution is 0.0560. The smallest absolute Gasteiger partial charge is 0.257 e. The molecule has 5 rings (SSSR count). The Morgan fingerprint density at radius 1 is 1.02 bits per heavy atom. The molecule has 1 aliphatic heterocycles. The fraction of sp³-hybridized carbons (Fsp3) is 0.312. The number of nitrogens with one attached hydrogen (secondary N) is 1. The van der Waals surface area contributed by atoms with Crippen LogP contribution in [-0.2, 0) is 6.42 Å². The molecule has 1 amide bonds. The number of carbonyl (C=O) groups is 1. The van der Waals surface area contributed by atoms with Gasteiger partial charge in [-0.05, 0) is 74.7 Å².